The number of methoxy groups -OCH3 is 1. The number of amides is 1. The highest BCUT2D eigenvalue weighted by Gasteiger charge is 2.23. The Labute approximate surface area is 166 Å². The molecule has 0 spiro atoms. The fourth-order valence-electron chi connectivity index (χ4n) is 2.89. The van der Waals surface area contributed by atoms with Crippen LogP contribution < -0.4 is 10.1 Å². The van der Waals surface area contributed by atoms with Gasteiger partial charge in [-0.25, -0.2) is 15.0 Å². The van der Waals surface area contributed by atoms with Crippen molar-refractivity contribution in [1.29, 1.82) is 0 Å². The number of hydrogen-bond donors (Lipinski definition) is 1. The number of aromatic nitrogens is 4. The van der Waals surface area contributed by atoms with Crippen LogP contribution in [0.2, 0.25) is 0 Å². The molecule has 0 saturated carbocycles. The zero-order valence-corrected chi connectivity index (χ0v) is 15.8. The fourth-order valence-corrected chi connectivity index (χ4v) is 2.89. The van der Waals surface area contributed by atoms with E-state index in [2.05, 4.69) is 25.4 Å². The highest BCUT2D eigenvalue weighted by Crippen LogP contribution is 2.29. The lowest BCUT2D eigenvalue weighted by molar-refractivity contribution is 0.102. The van der Waals surface area contributed by atoms with E-state index < -0.39 is 0 Å². The van der Waals surface area contributed by atoms with Crippen molar-refractivity contribution in [1.82, 2.24) is 20.1 Å². The Kier molecular flexibility index (Phi) is 4.98. The number of pyridine rings is 1. The highest BCUT2D eigenvalue weighted by atomic mass is 16.5. The van der Waals surface area contributed by atoms with Crippen molar-refractivity contribution in [3.05, 3.63) is 72.4 Å². The van der Waals surface area contributed by atoms with Crippen LogP contribution in [0.25, 0.3) is 22.6 Å². The van der Waals surface area contributed by atoms with E-state index in [9.17, 15) is 4.79 Å². The normalized spacial score (nSPS) is 10.6. The lowest BCUT2D eigenvalue weighted by Gasteiger charge is -2.11. The molecule has 1 N–H and O–H groups in total. The Bertz CT molecular complexity index is 1140. The largest absolute Gasteiger partial charge is 0.479 e. The van der Waals surface area contributed by atoms with E-state index in [0.29, 0.717) is 34.1 Å². The van der Waals surface area contributed by atoms with Crippen molar-refractivity contribution in [2.45, 2.75) is 6.92 Å². The number of ether oxygens (including phenoxy) is 1. The minimum Gasteiger partial charge on any atom is -0.479 e. The summed E-state index contributed by atoms with van der Waals surface area (Å²) < 4.78 is 10.6. The SMILES string of the molecule is COc1nc(-c2ccncn2)ccc1NC(=O)c1c(-c2ccccc2)noc1C. The van der Waals surface area contributed by atoms with E-state index in [-0.39, 0.29) is 11.8 Å². The fraction of sp³-hybridized carbons (Fsp3) is 0.0952. The summed E-state index contributed by atoms with van der Waals surface area (Å²) >= 11 is 0. The zero-order chi connectivity index (χ0) is 20.2. The molecule has 4 rings (SSSR count). The third kappa shape index (κ3) is 3.68. The second-order valence-corrected chi connectivity index (χ2v) is 6.13. The Hall–Kier alpha value is -4.07. The van der Waals surface area contributed by atoms with Gasteiger partial charge in [0.05, 0.1) is 18.5 Å². The lowest BCUT2D eigenvalue weighted by atomic mass is 10.1. The van der Waals surface area contributed by atoms with Gasteiger partial charge in [0.15, 0.2) is 0 Å². The topological polar surface area (TPSA) is 103 Å². The summed E-state index contributed by atoms with van der Waals surface area (Å²) in [7, 11) is 1.49. The molecule has 144 valence electrons. The molecule has 0 bridgehead atoms. The number of aryl methyl sites for hydroxylation is 1. The number of benzene rings is 1. The molecule has 8 heteroatoms. The van der Waals surface area contributed by atoms with Gasteiger partial charge in [-0.2, -0.15) is 0 Å². The Morgan fingerprint density at radius 2 is 1.90 bits per heavy atom. The maximum Gasteiger partial charge on any atom is 0.261 e. The second-order valence-electron chi connectivity index (χ2n) is 6.13. The van der Waals surface area contributed by atoms with Crippen molar-refractivity contribution in [2.24, 2.45) is 0 Å². The number of rotatable bonds is 5. The number of carbonyl (C=O) groups excluding carboxylic acids is 1. The van der Waals surface area contributed by atoms with Gasteiger partial charge in [-0.3, -0.25) is 4.79 Å². The first-order valence-corrected chi connectivity index (χ1v) is 8.82. The third-order valence-electron chi connectivity index (χ3n) is 4.28. The van der Waals surface area contributed by atoms with Crippen LogP contribution in [0.1, 0.15) is 16.1 Å². The summed E-state index contributed by atoms with van der Waals surface area (Å²) in [6.45, 7) is 1.70. The van der Waals surface area contributed by atoms with Crippen LogP contribution >= 0.6 is 0 Å². The Balaban J connectivity index is 1.65. The lowest BCUT2D eigenvalue weighted by Crippen LogP contribution is -2.14. The van der Waals surface area contributed by atoms with Crippen molar-refractivity contribution in [3.63, 3.8) is 0 Å². The predicted octanol–water partition coefficient (Wildman–Crippen LogP) is 3.76. The molecule has 1 aromatic carbocycles. The molecule has 0 radical (unpaired) electrons. The summed E-state index contributed by atoms with van der Waals surface area (Å²) in [5.41, 5.74) is 3.31. The van der Waals surface area contributed by atoms with Crippen LogP contribution in [0.5, 0.6) is 5.88 Å². The van der Waals surface area contributed by atoms with E-state index >= 15 is 0 Å². The monoisotopic (exact) mass is 387 g/mol. The van der Waals surface area contributed by atoms with Crippen molar-refractivity contribution in [2.75, 3.05) is 12.4 Å². The average molecular weight is 387 g/mol. The van der Waals surface area contributed by atoms with Crippen LogP contribution in [-0.2, 0) is 0 Å². The summed E-state index contributed by atoms with van der Waals surface area (Å²) in [4.78, 5) is 25.5. The molecule has 29 heavy (non-hydrogen) atoms. The van der Waals surface area contributed by atoms with E-state index in [0.717, 1.165) is 5.56 Å². The predicted molar refractivity (Wildman–Crippen MR) is 106 cm³/mol. The van der Waals surface area contributed by atoms with Gasteiger partial charge in [0.25, 0.3) is 5.91 Å². The van der Waals surface area contributed by atoms with Gasteiger partial charge in [-0.1, -0.05) is 35.5 Å². The van der Waals surface area contributed by atoms with Gasteiger partial charge in [0.1, 0.15) is 29.0 Å². The first kappa shape index (κ1) is 18.3. The molecule has 0 aliphatic heterocycles. The molecule has 4 aromatic rings. The van der Waals surface area contributed by atoms with Gasteiger partial charge >= 0.3 is 0 Å². The second kappa shape index (κ2) is 7.89. The first-order chi connectivity index (χ1) is 14.2. The van der Waals surface area contributed by atoms with Gasteiger partial charge in [0.2, 0.25) is 5.88 Å². The van der Waals surface area contributed by atoms with E-state index in [1.54, 1.807) is 31.3 Å². The molecule has 0 saturated heterocycles. The van der Waals surface area contributed by atoms with Crippen molar-refractivity contribution < 1.29 is 14.1 Å². The van der Waals surface area contributed by atoms with Crippen LogP contribution in [0.4, 0.5) is 5.69 Å². The molecular formula is C21H17N5O3. The zero-order valence-electron chi connectivity index (χ0n) is 15.8. The first-order valence-electron chi connectivity index (χ1n) is 8.82. The van der Waals surface area contributed by atoms with E-state index in [1.165, 1.54) is 13.4 Å². The van der Waals surface area contributed by atoms with Crippen molar-refractivity contribution >= 4 is 11.6 Å². The molecule has 1 amide bonds. The van der Waals surface area contributed by atoms with Crippen LogP contribution in [0, 0.1) is 6.92 Å². The number of hydrogen-bond acceptors (Lipinski definition) is 7. The molecule has 0 atom stereocenters. The van der Waals surface area contributed by atoms with Crippen molar-refractivity contribution in [3.8, 4) is 28.5 Å². The molecule has 0 aliphatic carbocycles. The molecule has 0 unspecified atom stereocenters. The number of anilines is 1. The third-order valence-corrected chi connectivity index (χ3v) is 4.28. The molecule has 0 fully saturated rings. The van der Waals surface area contributed by atoms with Gasteiger partial charge in [-0.15, -0.1) is 0 Å². The maximum absolute atomic E-state index is 13.0. The summed E-state index contributed by atoms with van der Waals surface area (Å²) in [6, 6.07) is 14.6. The minimum atomic E-state index is -0.363. The standard InChI is InChI=1S/C21H17N5O3/c1-13-18(19(26-29-13)14-6-4-3-5-7-14)20(27)24-17-9-8-16(25-21(17)28-2)15-10-11-22-12-23-15/h3-12H,1-2H3,(H,24,27). The molecule has 3 aromatic heterocycles. The number of nitrogens with zero attached hydrogens (tertiary/aromatic N) is 4. The minimum absolute atomic E-state index is 0.268. The smallest absolute Gasteiger partial charge is 0.261 e. The highest BCUT2D eigenvalue weighted by molar-refractivity contribution is 6.09. The quantitative estimate of drug-likeness (QED) is 0.556. The van der Waals surface area contributed by atoms with Crippen LogP contribution in [0.15, 0.2) is 65.6 Å². The van der Waals surface area contributed by atoms with Gasteiger partial charge in [0, 0.05) is 11.8 Å². The summed E-state index contributed by atoms with van der Waals surface area (Å²) in [6.07, 6.45) is 3.07. The summed E-state index contributed by atoms with van der Waals surface area (Å²) in [5, 5.41) is 6.88. The van der Waals surface area contributed by atoms with E-state index in [4.69, 9.17) is 9.26 Å². The van der Waals surface area contributed by atoms with Crippen LogP contribution in [-0.4, -0.2) is 33.1 Å². The molecule has 3 heterocycles. The molecule has 8 nitrogen and oxygen atoms in total. The number of nitrogens with one attached hydrogen (secondary N) is 1. The Morgan fingerprint density at radius 1 is 1.07 bits per heavy atom. The average Bonchev–Trinajstić information content (AvgIpc) is 3.16. The summed E-state index contributed by atoms with van der Waals surface area (Å²) in [5.74, 6) is 0.327. The van der Waals surface area contributed by atoms with Gasteiger partial charge < -0.3 is 14.6 Å². The molecule has 0 aliphatic rings. The van der Waals surface area contributed by atoms with E-state index in [1.807, 2.05) is 30.3 Å². The van der Waals surface area contributed by atoms with Crippen LogP contribution in [0.3, 0.4) is 0 Å². The van der Waals surface area contributed by atoms with Gasteiger partial charge in [-0.05, 0) is 25.1 Å². The molecular weight excluding hydrogens is 370 g/mol. The maximum atomic E-state index is 13.0. The number of carbonyl (C=O) groups is 1. The Morgan fingerprint density at radius 3 is 2.62 bits per heavy atom.